The molecule has 0 aliphatic carbocycles. The van der Waals surface area contributed by atoms with Crippen molar-refractivity contribution in [2.75, 3.05) is 13.1 Å². The summed E-state index contributed by atoms with van der Waals surface area (Å²) in [6.07, 6.45) is 6.57. The number of hydrogen-bond donors (Lipinski definition) is 2. The third-order valence-corrected chi connectivity index (χ3v) is 6.51. The number of rotatable bonds is 6. The molecule has 1 aliphatic rings. The lowest BCUT2D eigenvalue weighted by molar-refractivity contribution is -0.126. The fourth-order valence-electron chi connectivity index (χ4n) is 4.39. The number of aromatic amines is 1. The van der Waals surface area contributed by atoms with Gasteiger partial charge in [-0.15, -0.1) is 0 Å². The molecule has 2 heterocycles. The first-order chi connectivity index (χ1) is 16.0. The molecule has 0 spiro atoms. The molecule has 6 nitrogen and oxygen atoms in total. The van der Waals surface area contributed by atoms with Gasteiger partial charge in [0.2, 0.25) is 0 Å². The minimum absolute atomic E-state index is 0.156. The zero-order valence-corrected chi connectivity index (χ0v) is 19.3. The number of hydrogen-bond acceptors (Lipinski definition) is 3. The van der Waals surface area contributed by atoms with E-state index < -0.39 is 11.7 Å². The maximum absolute atomic E-state index is 13.0. The van der Waals surface area contributed by atoms with Crippen LogP contribution in [0.4, 0.5) is 0 Å². The van der Waals surface area contributed by atoms with E-state index >= 15 is 0 Å². The zero-order valence-electron chi connectivity index (χ0n) is 19.3. The monoisotopic (exact) mass is 445 g/mol. The van der Waals surface area contributed by atoms with Crippen molar-refractivity contribution in [2.24, 2.45) is 0 Å². The minimum Gasteiger partial charge on any atom is -0.360 e. The molecule has 1 atom stereocenters. The molecule has 6 heteroatoms. The van der Waals surface area contributed by atoms with Crippen molar-refractivity contribution < 1.29 is 14.4 Å². The summed E-state index contributed by atoms with van der Waals surface area (Å²) < 4.78 is 0. The van der Waals surface area contributed by atoms with Crippen LogP contribution in [0.3, 0.4) is 0 Å². The van der Waals surface area contributed by atoms with Crippen LogP contribution in [0.5, 0.6) is 0 Å². The van der Waals surface area contributed by atoms with Gasteiger partial charge in [0.05, 0.1) is 11.6 Å². The number of Topliss-reactive ketones (excluding diaryl/α,β-unsaturated/α-hetero) is 1. The number of carbonyl (C=O) groups excluding carboxylic acids is 3. The van der Waals surface area contributed by atoms with Gasteiger partial charge in [0.25, 0.3) is 17.6 Å². The van der Waals surface area contributed by atoms with E-state index in [0.717, 1.165) is 43.2 Å². The second-order valence-corrected chi connectivity index (χ2v) is 8.79. The molecule has 2 amide bonds. The standard InChI is InChI=1S/C27H31N3O3/c1-3-19-8-10-20(11-9-19)18(2)29-26(32)21-12-13-24-22(16-21)23(17-28-24)25(31)27(33)30-14-6-4-5-7-15-30/h8-13,16-18,28H,3-7,14-15H2,1-2H3,(H,29,32). The van der Waals surface area contributed by atoms with Gasteiger partial charge in [-0.25, -0.2) is 0 Å². The lowest BCUT2D eigenvalue weighted by Crippen LogP contribution is -2.37. The van der Waals surface area contributed by atoms with E-state index in [0.29, 0.717) is 29.6 Å². The molecule has 172 valence electrons. The predicted molar refractivity (Wildman–Crippen MR) is 129 cm³/mol. The van der Waals surface area contributed by atoms with Gasteiger partial charge in [0.1, 0.15) is 0 Å². The highest BCUT2D eigenvalue weighted by atomic mass is 16.2. The fourth-order valence-corrected chi connectivity index (χ4v) is 4.39. The molecule has 0 radical (unpaired) electrons. The smallest absolute Gasteiger partial charge is 0.295 e. The number of aryl methyl sites for hydroxylation is 1. The number of carbonyl (C=O) groups is 3. The molecule has 1 aliphatic heterocycles. The Morgan fingerprint density at radius 2 is 1.70 bits per heavy atom. The first-order valence-electron chi connectivity index (χ1n) is 11.8. The SMILES string of the molecule is CCc1ccc(C(C)NC(=O)c2ccc3[nH]cc(C(=O)C(=O)N4CCCCCC4)c3c2)cc1. The Bertz CT molecular complexity index is 1160. The highest BCUT2D eigenvalue weighted by molar-refractivity contribution is 6.44. The Balaban J connectivity index is 1.52. The summed E-state index contributed by atoms with van der Waals surface area (Å²) in [7, 11) is 0. The van der Waals surface area contributed by atoms with Crippen LogP contribution in [-0.2, 0) is 11.2 Å². The molecule has 1 unspecified atom stereocenters. The normalized spacial score (nSPS) is 15.2. The van der Waals surface area contributed by atoms with Crippen LogP contribution in [0.25, 0.3) is 10.9 Å². The topological polar surface area (TPSA) is 82.3 Å². The van der Waals surface area contributed by atoms with Gasteiger partial charge in [0, 0.05) is 35.8 Å². The molecule has 1 saturated heterocycles. The van der Waals surface area contributed by atoms with Gasteiger partial charge in [0.15, 0.2) is 0 Å². The second kappa shape index (κ2) is 10.0. The highest BCUT2D eigenvalue weighted by Crippen LogP contribution is 2.23. The molecule has 0 saturated carbocycles. The lowest BCUT2D eigenvalue weighted by atomic mass is 10.0. The van der Waals surface area contributed by atoms with E-state index in [-0.39, 0.29) is 11.9 Å². The Hall–Kier alpha value is -3.41. The van der Waals surface area contributed by atoms with E-state index in [2.05, 4.69) is 29.4 Å². The quantitative estimate of drug-likeness (QED) is 0.422. The van der Waals surface area contributed by atoms with Crippen LogP contribution in [0.15, 0.2) is 48.7 Å². The molecule has 33 heavy (non-hydrogen) atoms. The van der Waals surface area contributed by atoms with Crippen molar-refractivity contribution in [1.29, 1.82) is 0 Å². The molecule has 1 fully saturated rings. The lowest BCUT2D eigenvalue weighted by Gasteiger charge is -2.19. The molecule has 2 N–H and O–H groups in total. The number of nitrogens with zero attached hydrogens (tertiary/aromatic N) is 1. The molecule has 2 aromatic carbocycles. The number of ketones is 1. The fraction of sp³-hybridized carbons (Fsp3) is 0.370. The maximum atomic E-state index is 13.0. The Kier molecular flexibility index (Phi) is 6.92. The molecule has 4 rings (SSSR count). The number of benzene rings is 2. The van der Waals surface area contributed by atoms with Crippen molar-refractivity contribution >= 4 is 28.5 Å². The summed E-state index contributed by atoms with van der Waals surface area (Å²) in [6, 6.07) is 13.2. The van der Waals surface area contributed by atoms with Crippen LogP contribution in [-0.4, -0.2) is 40.6 Å². The number of H-pyrrole nitrogens is 1. The van der Waals surface area contributed by atoms with E-state index in [4.69, 9.17) is 0 Å². The third-order valence-electron chi connectivity index (χ3n) is 6.51. The minimum atomic E-state index is -0.523. The summed E-state index contributed by atoms with van der Waals surface area (Å²) >= 11 is 0. The van der Waals surface area contributed by atoms with Crippen molar-refractivity contribution in [3.05, 3.63) is 70.9 Å². The molecule has 1 aromatic heterocycles. The largest absolute Gasteiger partial charge is 0.360 e. The first kappa shape index (κ1) is 22.8. The Labute approximate surface area is 194 Å². The van der Waals surface area contributed by atoms with Gasteiger partial charge in [-0.2, -0.15) is 0 Å². The predicted octanol–water partition coefficient (Wildman–Crippen LogP) is 4.81. The molecular weight excluding hydrogens is 414 g/mol. The van der Waals surface area contributed by atoms with E-state index in [1.807, 2.05) is 19.1 Å². The summed E-state index contributed by atoms with van der Waals surface area (Å²) in [6.45, 7) is 5.30. The van der Waals surface area contributed by atoms with Crippen LogP contribution in [0.1, 0.15) is 77.4 Å². The van der Waals surface area contributed by atoms with Gasteiger partial charge >= 0.3 is 0 Å². The first-order valence-corrected chi connectivity index (χ1v) is 11.8. The van der Waals surface area contributed by atoms with Crippen molar-refractivity contribution in [3.63, 3.8) is 0 Å². The highest BCUT2D eigenvalue weighted by Gasteiger charge is 2.26. The average Bonchev–Trinajstić information content (AvgIpc) is 3.07. The molecular formula is C27H31N3O3. The number of nitrogens with one attached hydrogen (secondary N) is 2. The maximum Gasteiger partial charge on any atom is 0.295 e. The number of amides is 2. The van der Waals surface area contributed by atoms with Gasteiger partial charge in [-0.05, 0) is 55.5 Å². The summed E-state index contributed by atoms with van der Waals surface area (Å²) in [4.78, 5) is 43.5. The van der Waals surface area contributed by atoms with Crippen LogP contribution >= 0.6 is 0 Å². The van der Waals surface area contributed by atoms with Gasteiger partial charge in [-0.3, -0.25) is 14.4 Å². The third kappa shape index (κ3) is 5.00. The summed E-state index contributed by atoms with van der Waals surface area (Å²) in [5.41, 5.74) is 3.78. The Morgan fingerprint density at radius 1 is 1.00 bits per heavy atom. The van der Waals surface area contributed by atoms with Crippen LogP contribution < -0.4 is 5.32 Å². The summed E-state index contributed by atoms with van der Waals surface area (Å²) in [5.74, 6) is -1.20. The van der Waals surface area contributed by atoms with Crippen molar-refractivity contribution in [3.8, 4) is 0 Å². The van der Waals surface area contributed by atoms with E-state index in [9.17, 15) is 14.4 Å². The summed E-state index contributed by atoms with van der Waals surface area (Å²) in [5, 5.41) is 3.62. The van der Waals surface area contributed by atoms with Crippen LogP contribution in [0, 0.1) is 0 Å². The van der Waals surface area contributed by atoms with Gasteiger partial charge < -0.3 is 15.2 Å². The van der Waals surface area contributed by atoms with Crippen molar-refractivity contribution in [2.45, 2.75) is 52.0 Å². The molecule has 0 bridgehead atoms. The number of likely N-dealkylation sites (tertiary alicyclic amines) is 1. The number of aromatic nitrogens is 1. The Morgan fingerprint density at radius 3 is 2.36 bits per heavy atom. The molecule has 3 aromatic rings. The van der Waals surface area contributed by atoms with E-state index in [1.165, 1.54) is 5.56 Å². The second-order valence-electron chi connectivity index (χ2n) is 8.79. The van der Waals surface area contributed by atoms with Gasteiger partial charge in [-0.1, -0.05) is 44.0 Å². The van der Waals surface area contributed by atoms with E-state index in [1.54, 1.807) is 29.3 Å². The number of fused-ring (bicyclic) bond motifs is 1. The van der Waals surface area contributed by atoms with Crippen molar-refractivity contribution in [1.82, 2.24) is 15.2 Å². The average molecular weight is 446 g/mol. The zero-order chi connectivity index (χ0) is 23.4. The van der Waals surface area contributed by atoms with Crippen LogP contribution in [0.2, 0.25) is 0 Å².